The lowest BCUT2D eigenvalue weighted by Crippen LogP contribution is -2.31. The van der Waals surface area contributed by atoms with Crippen molar-refractivity contribution in [1.29, 1.82) is 0 Å². The summed E-state index contributed by atoms with van der Waals surface area (Å²) in [6, 6.07) is 6.22. The summed E-state index contributed by atoms with van der Waals surface area (Å²) in [7, 11) is 1.53. The monoisotopic (exact) mass is 322 g/mol. The highest BCUT2D eigenvalue weighted by atomic mass is 32.1. The largest absolute Gasteiger partial charge is 0.451 e. The number of thiazole rings is 1. The van der Waals surface area contributed by atoms with Crippen LogP contribution in [-0.2, 0) is 16.1 Å². The molecule has 0 aliphatic rings. The lowest BCUT2D eigenvalue weighted by molar-refractivity contribution is -0.133. The molecular formula is C15H15FN2O3S. The van der Waals surface area contributed by atoms with Gasteiger partial charge in [0, 0.05) is 19.2 Å². The third-order valence-corrected chi connectivity index (χ3v) is 3.96. The minimum Gasteiger partial charge on any atom is -0.451 e. The highest BCUT2D eigenvalue weighted by Gasteiger charge is 2.17. The van der Waals surface area contributed by atoms with Gasteiger partial charge in [0.2, 0.25) is 0 Å². The van der Waals surface area contributed by atoms with Crippen LogP contribution in [0.1, 0.15) is 20.9 Å². The molecule has 1 aromatic carbocycles. The molecule has 5 nitrogen and oxygen atoms in total. The van der Waals surface area contributed by atoms with Gasteiger partial charge in [0.15, 0.2) is 6.61 Å². The Kier molecular flexibility index (Phi) is 5.21. The first-order chi connectivity index (χ1) is 10.5. The van der Waals surface area contributed by atoms with Crippen molar-refractivity contribution in [3.05, 3.63) is 51.7 Å². The van der Waals surface area contributed by atoms with Crippen LogP contribution in [0.4, 0.5) is 4.39 Å². The third kappa shape index (κ3) is 3.88. The number of carbonyl (C=O) groups excluding carboxylic acids is 2. The van der Waals surface area contributed by atoms with E-state index in [-0.39, 0.29) is 19.0 Å². The first-order valence-corrected chi connectivity index (χ1v) is 7.41. The lowest BCUT2D eigenvalue weighted by atomic mass is 10.2. The maximum atomic E-state index is 13.5. The van der Waals surface area contributed by atoms with Crippen LogP contribution in [0.15, 0.2) is 29.8 Å². The first-order valence-electron chi connectivity index (χ1n) is 6.53. The van der Waals surface area contributed by atoms with Gasteiger partial charge in [-0.2, -0.15) is 0 Å². The van der Waals surface area contributed by atoms with Crippen molar-refractivity contribution in [1.82, 2.24) is 9.88 Å². The maximum absolute atomic E-state index is 13.5. The number of likely N-dealkylation sites (N-methyl/N-ethyl adjacent to an activating group) is 1. The van der Waals surface area contributed by atoms with Crippen molar-refractivity contribution < 1.29 is 18.7 Å². The number of aryl methyl sites for hydroxylation is 1. The van der Waals surface area contributed by atoms with Gasteiger partial charge in [-0.05, 0) is 13.0 Å². The van der Waals surface area contributed by atoms with Crippen LogP contribution in [0.5, 0.6) is 0 Å². The van der Waals surface area contributed by atoms with Crippen LogP contribution in [0.25, 0.3) is 0 Å². The Bertz CT molecular complexity index is 687. The number of amides is 1. The number of halogens is 1. The fraction of sp³-hybridized carbons (Fsp3) is 0.267. The third-order valence-electron chi connectivity index (χ3n) is 3.05. The summed E-state index contributed by atoms with van der Waals surface area (Å²) in [6.07, 6.45) is 0. The van der Waals surface area contributed by atoms with Crippen LogP contribution >= 0.6 is 11.3 Å². The molecule has 0 saturated heterocycles. The molecule has 0 bridgehead atoms. The van der Waals surface area contributed by atoms with Crippen LogP contribution in [0.2, 0.25) is 0 Å². The molecule has 1 heterocycles. The van der Waals surface area contributed by atoms with Crippen molar-refractivity contribution in [3.8, 4) is 0 Å². The zero-order valence-corrected chi connectivity index (χ0v) is 13.0. The molecule has 2 aromatic rings. The van der Waals surface area contributed by atoms with Crippen molar-refractivity contribution in [2.45, 2.75) is 13.5 Å². The van der Waals surface area contributed by atoms with Gasteiger partial charge < -0.3 is 9.64 Å². The molecule has 0 aliphatic heterocycles. The van der Waals surface area contributed by atoms with Gasteiger partial charge in [-0.25, -0.2) is 14.2 Å². The molecule has 0 unspecified atom stereocenters. The van der Waals surface area contributed by atoms with Gasteiger partial charge in [-0.3, -0.25) is 4.79 Å². The second-order valence-corrected chi connectivity index (χ2v) is 5.54. The Balaban J connectivity index is 1.88. The molecule has 0 spiro atoms. The number of esters is 1. The van der Waals surface area contributed by atoms with E-state index in [0.29, 0.717) is 16.1 Å². The standard InChI is InChI=1S/C15H15FN2O3S/c1-10-14(22-9-17-10)15(20)21-8-13(19)18(2)7-11-5-3-4-6-12(11)16/h3-6,9H,7-8H2,1-2H3. The van der Waals surface area contributed by atoms with E-state index in [1.54, 1.807) is 25.1 Å². The topological polar surface area (TPSA) is 59.5 Å². The fourth-order valence-electron chi connectivity index (χ4n) is 1.77. The lowest BCUT2D eigenvalue weighted by Gasteiger charge is -2.17. The Labute approximate surface area is 131 Å². The highest BCUT2D eigenvalue weighted by molar-refractivity contribution is 7.11. The summed E-state index contributed by atoms with van der Waals surface area (Å²) in [6.45, 7) is 1.42. The summed E-state index contributed by atoms with van der Waals surface area (Å²) in [4.78, 5) is 29.4. The van der Waals surface area contributed by atoms with E-state index in [2.05, 4.69) is 4.98 Å². The van der Waals surface area contributed by atoms with Crippen LogP contribution in [0.3, 0.4) is 0 Å². The van der Waals surface area contributed by atoms with Gasteiger partial charge in [-0.15, -0.1) is 11.3 Å². The average molecular weight is 322 g/mol. The molecule has 1 amide bonds. The van der Waals surface area contributed by atoms with Crippen molar-refractivity contribution in [3.63, 3.8) is 0 Å². The normalized spacial score (nSPS) is 10.3. The Hall–Kier alpha value is -2.28. The van der Waals surface area contributed by atoms with E-state index in [9.17, 15) is 14.0 Å². The predicted octanol–water partition coefficient (Wildman–Crippen LogP) is 2.41. The molecule has 0 atom stereocenters. The predicted molar refractivity (Wildman–Crippen MR) is 80.0 cm³/mol. The number of rotatable bonds is 5. The Morgan fingerprint density at radius 1 is 1.36 bits per heavy atom. The molecule has 0 fully saturated rings. The van der Waals surface area contributed by atoms with E-state index in [0.717, 1.165) is 11.3 Å². The molecule has 1 aromatic heterocycles. The number of nitrogens with zero attached hydrogens (tertiary/aromatic N) is 2. The van der Waals surface area contributed by atoms with E-state index in [1.165, 1.54) is 23.5 Å². The number of benzene rings is 1. The quantitative estimate of drug-likeness (QED) is 0.793. The second-order valence-electron chi connectivity index (χ2n) is 4.68. The van der Waals surface area contributed by atoms with Gasteiger partial charge in [0.25, 0.3) is 5.91 Å². The molecule has 7 heteroatoms. The smallest absolute Gasteiger partial charge is 0.350 e. The zero-order valence-electron chi connectivity index (χ0n) is 12.2. The van der Waals surface area contributed by atoms with E-state index >= 15 is 0 Å². The average Bonchev–Trinajstić information content (AvgIpc) is 2.93. The van der Waals surface area contributed by atoms with E-state index < -0.39 is 11.9 Å². The summed E-state index contributed by atoms with van der Waals surface area (Å²) in [5.74, 6) is -1.36. The van der Waals surface area contributed by atoms with Crippen LogP contribution in [0, 0.1) is 12.7 Å². The van der Waals surface area contributed by atoms with Crippen molar-refractivity contribution in [2.24, 2.45) is 0 Å². The minimum absolute atomic E-state index is 0.114. The molecule has 0 radical (unpaired) electrons. The van der Waals surface area contributed by atoms with Crippen molar-refractivity contribution >= 4 is 23.2 Å². The number of hydrogen-bond donors (Lipinski definition) is 0. The Morgan fingerprint density at radius 3 is 2.73 bits per heavy atom. The number of aromatic nitrogens is 1. The number of carbonyl (C=O) groups is 2. The van der Waals surface area contributed by atoms with Gasteiger partial charge in [0.1, 0.15) is 10.7 Å². The highest BCUT2D eigenvalue weighted by Crippen LogP contribution is 2.13. The summed E-state index contributed by atoms with van der Waals surface area (Å²) >= 11 is 1.16. The van der Waals surface area contributed by atoms with Crippen molar-refractivity contribution in [2.75, 3.05) is 13.7 Å². The van der Waals surface area contributed by atoms with E-state index in [4.69, 9.17) is 4.74 Å². The second kappa shape index (κ2) is 7.13. The number of ether oxygens (including phenoxy) is 1. The van der Waals surface area contributed by atoms with Crippen LogP contribution < -0.4 is 0 Å². The summed E-state index contributed by atoms with van der Waals surface area (Å²) in [5.41, 5.74) is 2.52. The molecular weight excluding hydrogens is 307 g/mol. The Morgan fingerprint density at radius 2 is 2.09 bits per heavy atom. The minimum atomic E-state index is -0.576. The molecule has 0 saturated carbocycles. The zero-order chi connectivity index (χ0) is 16.1. The van der Waals surface area contributed by atoms with Gasteiger partial charge >= 0.3 is 5.97 Å². The molecule has 22 heavy (non-hydrogen) atoms. The maximum Gasteiger partial charge on any atom is 0.350 e. The fourth-order valence-corrected chi connectivity index (χ4v) is 2.47. The summed E-state index contributed by atoms with van der Waals surface area (Å²) < 4.78 is 18.5. The summed E-state index contributed by atoms with van der Waals surface area (Å²) in [5, 5.41) is 0. The SMILES string of the molecule is Cc1ncsc1C(=O)OCC(=O)N(C)Cc1ccccc1F. The molecule has 116 valence electrons. The van der Waals surface area contributed by atoms with Crippen LogP contribution in [-0.4, -0.2) is 35.4 Å². The molecule has 0 aliphatic carbocycles. The van der Waals surface area contributed by atoms with E-state index in [1.807, 2.05) is 0 Å². The molecule has 2 rings (SSSR count). The first kappa shape index (κ1) is 16.1. The van der Waals surface area contributed by atoms with Gasteiger partial charge in [0.05, 0.1) is 11.2 Å². The number of hydrogen-bond acceptors (Lipinski definition) is 5. The molecule has 0 N–H and O–H groups in total. The van der Waals surface area contributed by atoms with Gasteiger partial charge in [-0.1, -0.05) is 18.2 Å².